The Kier molecular flexibility index (Phi) is 5.55. The predicted octanol–water partition coefficient (Wildman–Crippen LogP) is 1.21. The fourth-order valence-electron chi connectivity index (χ4n) is 4.09. The topological polar surface area (TPSA) is 119 Å². The summed E-state index contributed by atoms with van der Waals surface area (Å²) >= 11 is 0. The molecular formula is C21H24N8O. The maximum Gasteiger partial charge on any atom is 0.179 e. The van der Waals surface area contributed by atoms with Crippen LogP contribution in [0.4, 0.5) is 0 Å². The highest BCUT2D eigenvalue weighted by Gasteiger charge is 2.33. The Hall–Kier alpha value is -3.56. The van der Waals surface area contributed by atoms with Crippen LogP contribution in [0.15, 0.2) is 29.7 Å². The number of likely N-dealkylation sites (tertiary alicyclic amines) is 2. The zero-order valence-electron chi connectivity index (χ0n) is 16.9. The Morgan fingerprint density at radius 2 is 2.10 bits per heavy atom. The van der Waals surface area contributed by atoms with Crippen LogP contribution >= 0.6 is 0 Å². The lowest BCUT2D eigenvalue weighted by molar-refractivity contribution is 0.0609. The number of nitrogens with two attached hydrogens (primary N) is 1. The number of allylic oxidation sites excluding steroid dienone is 1. The average molecular weight is 404 g/mol. The number of aliphatic imine (C=N–C) groups is 1. The van der Waals surface area contributed by atoms with E-state index in [0.29, 0.717) is 22.9 Å². The smallest absolute Gasteiger partial charge is 0.179 e. The van der Waals surface area contributed by atoms with Gasteiger partial charge in [-0.3, -0.25) is 9.89 Å². The second kappa shape index (κ2) is 8.44. The second-order valence-electron chi connectivity index (χ2n) is 7.59. The molecule has 0 spiro atoms. The molecule has 154 valence electrons. The minimum atomic E-state index is 0.245. The Bertz CT molecular complexity index is 1060. The number of rotatable bonds is 5. The van der Waals surface area contributed by atoms with E-state index in [2.05, 4.69) is 22.3 Å². The molecular weight excluding hydrogens is 380 g/mol. The third-order valence-corrected chi connectivity index (χ3v) is 5.87. The number of nitrogens with zero attached hydrogens (tertiary/aromatic N) is 7. The molecule has 0 atom stereocenters. The van der Waals surface area contributed by atoms with Crippen molar-refractivity contribution in [3.63, 3.8) is 0 Å². The summed E-state index contributed by atoms with van der Waals surface area (Å²) in [6.45, 7) is 3.55. The lowest BCUT2D eigenvalue weighted by Gasteiger charge is -2.45. The SMILES string of the molecule is COc1cc(/C(C=NC2CN(C3CCN(C#N)CC3)C2)=C/N)cn2ncc(C#N)c12. The number of aromatic nitrogens is 2. The van der Waals surface area contributed by atoms with Crippen molar-refractivity contribution in [1.82, 2.24) is 19.4 Å². The summed E-state index contributed by atoms with van der Waals surface area (Å²) in [5, 5.41) is 22.5. The summed E-state index contributed by atoms with van der Waals surface area (Å²) < 4.78 is 7.09. The number of nitriles is 2. The molecule has 9 nitrogen and oxygen atoms in total. The second-order valence-corrected chi connectivity index (χ2v) is 7.59. The number of hydrogen-bond acceptors (Lipinski definition) is 8. The quantitative estimate of drug-likeness (QED) is 0.588. The van der Waals surface area contributed by atoms with Crippen molar-refractivity contribution < 1.29 is 4.74 Å². The zero-order valence-corrected chi connectivity index (χ0v) is 16.9. The number of ether oxygens (including phenoxy) is 1. The molecule has 0 aliphatic carbocycles. The summed E-state index contributed by atoms with van der Waals surface area (Å²) in [6, 6.07) is 4.77. The molecule has 2 aromatic heterocycles. The Balaban J connectivity index is 1.42. The van der Waals surface area contributed by atoms with Crippen molar-refractivity contribution in [2.24, 2.45) is 10.7 Å². The minimum Gasteiger partial charge on any atom is -0.494 e. The first-order valence-electron chi connectivity index (χ1n) is 9.96. The van der Waals surface area contributed by atoms with Crippen LogP contribution in [0, 0.1) is 22.8 Å². The molecule has 2 saturated heterocycles. The first kappa shape index (κ1) is 19.7. The minimum absolute atomic E-state index is 0.245. The standard InChI is InChI=1S/C21H24N8O/c1-30-20-6-15(11-29-21(20)17(8-23)10-26-29)16(7-22)9-25-18-12-28(13-18)19-2-4-27(14-24)5-3-19/h6-7,9-11,18-19H,2-5,12-13,22H2,1H3/b16-7+,25-9?. The number of fused-ring (bicyclic) bond motifs is 1. The lowest BCUT2D eigenvalue weighted by Crippen LogP contribution is -2.56. The van der Waals surface area contributed by atoms with Gasteiger partial charge in [0.2, 0.25) is 0 Å². The third kappa shape index (κ3) is 3.68. The summed E-state index contributed by atoms with van der Waals surface area (Å²) in [5.41, 5.74) is 8.55. The molecule has 2 fully saturated rings. The highest BCUT2D eigenvalue weighted by molar-refractivity contribution is 6.10. The van der Waals surface area contributed by atoms with Crippen molar-refractivity contribution in [3.05, 3.63) is 35.8 Å². The van der Waals surface area contributed by atoms with E-state index < -0.39 is 0 Å². The first-order chi connectivity index (χ1) is 14.7. The van der Waals surface area contributed by atoms with E-state index in [1.165, 1.54) is 12.4 Å². The van der Waals surface area contributed by atoms with E-state index in [0.717, 1.165) is 50.2 Å². The van der Waals surface area contributed by atoms with Crippen molar-refractivity contribution in [1.29, 1.82) is 10.5 Å². The van der Waals surface area contributed by atoms with Crippen LogP contribution < -0.4 is 10.5 Å². The van der Waals surface area contributed by atoms with Gasteiger partial charge in [0.05, 0.1) is 19.3 Å². The van der Waals surface area contributed by atoms with Gasteiger partial charge >= 0.3 is 0 Å². The molecule has 4 rings (SSSR count). The van der Waals surface area contributed by atoms with Gasteiger partial charge < -0.3 is 15.4 Å². The van der Waals surface area contributed by atoms with Gasteiger partial charge in [0.25, 0.3) is 0 Å². The van der Waals surface area contributed by atoms with Crippen LogP contribution in [0.25, 0.3) is 11.1 Å². The Labute approximate surface area is 175 Å². The van der Waals surface area contributed by atoms with Gasteiger partial charge in [-0.05, 0) is 18.9 Å². The van der Waals surface area contributed by atoms with E-state index in [-0.39, 0.29) is 6.04 Å². The summed E-state index contributed by atoms with van der Waals surface area (Å²) in [4.78, 5) is 8.99. The van der Waals surface area contributed by atoms with Crippen LogP contribution in [0.2, 0.25) is 0 Å². The normalized spacial score (nSPS) is 19.0. The molecule has 0 aromatic carbocycles. The van der Waals surface area contributed by atoms with Gasteiger partial charge in [-0.25, -0.2) is 4.52 Å². The van der Waals surface area contributed by atoms with E-state index >= 15 is 0 Å². The third-order valence-electron chi connectivity index (χ3n) is 5.87. The van der Waals surface area contributed by atoms with Crippen LogP contribution in [-0.2, 0) is 0 Å². The predicted molar refractivity (Wildman–Crippen MR) is 113 cm³/mol. The van der Waals surface area contributed by atoms with Crippen LogP contribution in [0.5, 0.6) is 5.75 Å². The molecule has 0 bridgehead atoms. The fraction of sp³-hybridized carbons (Fsp3) is 0.429. The molecule has 9 heteroatoms. The summed E-state index contributed by atoms with van der Waals surface area (Å²) in [7, 11) is 1.57. The van der Waals surface area contributed by atoms with E-state index in [1.54, 1.807) is 17.8 Å². The molecule has 2 aliphatic rings. The monoisotopic (exact) mass is 404 g/mol. The highest BCUT2D eigenvalue weighted by Crippen LogP contribution is 2.27. The molecule has 2 aliphatic heterocycles. The van der Waals surface area contributed by atoms with E-state index in [1.807, 2.05) is 17.2 Å². The molecule has 0 unspecified atom stereocenters. The first-order valence-corrected chi connectivity index (χ1v) is 9.96. The van der Waals surface area contributed by atoms with Crippen molar-refractivity contribution >= 4 is 17.3 Å². The van der Waals surface area contributed by atoms with Crippen LogP contribution in [0.1, 0.15) is 24.0 Å². The number of hydrogen-bond donors (Lipinski definition) is 1. The summed E-state index contributed by atoms with van der Waals surface area (Å²) in [6.07, 6.45) is 11.0. The molecule has 2 aromatic rings. The molecule has 4 heterocycles. The van der Waals surface area contributed by atoms with Gasteiger partial charge in [0.15, 0.2) is 6.19 Å². The van der Waals surface area contributed by atoms with Crippen molar-refractivity contribution in [2.45, 2.75) is 24.9 Å². The highest BCUT2D eigenvalue weighted by atomic mass is 16.5. The molecule has 0 amide bonds. The van der Waals surface area contributed by atoms with E-state index in [9.17, 15) is 5.26 Å². The fourth-order valence-corrected chi connectivity index (χ4v) is 4.09. The number of pyridine rings is 1. The molecule has 0 radical (unpaired) electrons. The van der Waals surface area contributed by atoms with Gasteiger partial charge in [-0.15, -0.1) is 0 Å². The Morgan fingerprint density at radius 3 is 2.73 bits per heavy atom. The average Bonchev–Trinajstić information content (AvgIpc) is 3.18. The van der Waals surface area contributed by atoms with Gasteiger partial charge in [-0.2, -0.15) is 15.6 Å². The van der Waals surface area contributed by atoms with Gasteiger partial charge in [0, 0.05) is 62.0 Å². The lowest BCUT2D eigenvalue weighted by atomic mass is 9.98. The van der Waals surface area contributed by atoms with Crippen LogP contribution in [-0.4, -0.2) is 71.0 Å². The largest absolute Gasteiger partial charge is 0.494 e. The summed E-state index contributed by atoms with van der Waals surface area (Å²) in [5.74, 6) is 0.563. The molecule has 30 heavy (non-hydrogen) atoms. The van der Waals surface area contributed by atoms with E-state index in [4.69, 9.17) is 20.7 Å². The number of methoxy groups -OCH3 is 1. The maximum atomic E-state index is 9.26. The number of piperidine rings is 1. The van der Waals surface area contributed by atoms with Crippen LogP contribution in [0.3, 0.4) is 0 Å². The molecule has 0 saturated carbocycles. The zero-order chi connectivity index (χ0) is 21.1. The van der Waals surface area contributed by atoms with Crippen molar-refractivity contribution in [2.75, 3.05) is 33.3 Å². The van der Waals surface area contributed by atoms with Gasteiger partial charge in [-0.1, -0.05) is 0 Å². The van der Waals surface area contributed by atoms with Crippen molar-refractivity contribution in [3.8, 4) is 18.0 Å². The maximum absolute atomic E-state index is 9.26. The van der Waals surface area contributed by atoms with Gasteiger partial charge in [0.1, 0.15) is 22.9 Å². The molecule has 2 N–H and O–H groups in total. The Morgan fingerprint density at radius 1 is 1.33 bits per heavy atom.